The minimum atomic E-state index is -0.544. The normalized spacial score (nSPS) is 10.8. The molecule has 84 valence electrons. The summed E-state index contributed by atoms with van der Waals surface area (Å²) in [5, 5.41) is -0.117. The Morgan fingerprint density at radius 2 is 2.12 bits per heavy atom. The zero-order valence-corrected chi connectivity index (χ0v) is 10.5. The van der Waals surface area contributed by atoms with Crippen molar-refractivity contribution < 1.29 is 4.39 Å². The van der Waals surface area contributed by atoms with Crippen LogP contribution in [0.15, 0.2) is 12.1 Å². The molecule has 2 nitrogen and oxygen atoms in total. The average Bonchev–Trinajstić information content (AvgIpc) is 2.73. The molecule has 5 heteroatoms. The van der Waals surface area contributed by atoms with Crippen LogP contribution in [0.1, 0.15) is 17.5 Å². The molecule has 0 spiro atoms. The maximum atomic E-state index is 13.2. The second-order valence-electron chi connectivity index (χ2n) is 3.36. The number of rotatable bonds is 2. The van der Waals surface area contributed by atoms with Crippen LogP contribution in [0, 0.1) is 12.7 Å². The van der Waals surface area contributed by atoms with E-state index in [9.17, 15) is 4.39 Å². The van der Waals surface area contributed by atoms with E-state index in [2.05, 4.69) is 16.9 Å². The van der Waals surface area contributed by atoms with Gasteiger partial charge in [-0.3, -0.25) is 0 Å². The van der Waals surface area contributed by atoms with E-state index >= 15 is 0 Å². The van der Waals surface area contributed by atoms with Crippen molar-refractivity contribution in [2.45, 2.75) is 20.3 Å². The number of thiophene rings is 1. The standard InChI is InChI=1S/C11H10ClFN2S/c1-3-7-4-5-8(16-7)11-14-6(2)9(13)10(12)15-11/h4-5H,3H2,1-2H3. The van der Waals surface area contributed by atoms with Gasteiger partial charge in [-0.15, -0.1) is 11.3 Å². The molecular formula is C11H10ClFN2S. The minimum absolute atomic E-state index is 0.117. The van der Waals surface area contributed by atoms with Crippen LogP contribution in [0.2, 0.25) is 5.15 Å². The molecular weight excluding hydrogens is 247 g/mol. The molecule has 0 aliphatic heterocycles. The van der Waals surface area contributed by atoms with Gasteiger partial charge in [0.05, 0.1) is 10.6 Å². The molecule has 0 unspecified atom stereocenters. The van der Waals surface area contributed by atoms with Gasteiger partial charge in [-0.1, -0.05) is 18.5 Å². The van der Waals surface area contributed by atoms with Gasteiger partial charge in [0.25, 0.3) is 0 Å². The van der Waals surface area contributed by atoms with Crippen molar-refractivity contribution in [1.82, 2.24) is 9.97 Å². The van der Waals surface area contributed by atoms with Crippen molar-refractivity contribution in [3.8, 4) is 10.7 Å². The summed E-state index contributed by atoms with van der Waals surface area (Å²) in [6.07, 6.45) is 0.971. The first kappa shape index (κ1) is 11.5. The van der Waals surface area contributed by atoms with Crippen LogP contribution < -0.4 is 0 Å². The highest BCUT2D eigenvalue weighted by Gasteiger charge is 2.12. The molecule has 0 radical (unpaired) electrons. The zero-order chi connectivity index (χ0) is 11.7. The molecule has 0 amide bonds. The Labute approximate surface area is 102 Å². The predicted octanol–water partition coefficient (Wildman–Crippen LogP) is 3.87. The highest BCUT2D eigenvalue weighted by atomic mass is 35.5. The molecule has 0 aliphatic rings. The first-order valence-electron chi connectivity index (χ1n) is 4.90. The van der Waals surface area contributed by atoms with Crippen LogP contribution in [-0.2, 0) is 6.42 Å². The molecule has 0 N–H and O–H groups in total. The van der Waals surface area contributed by atoms with Gasteiger partial charge in [0.1, 0.15) is 0 Å². The molecule has 0 bridgehead atoms. The van der Waals surface area contributed by atoms with E-state index in [4.69, 9.17) is 11.6 Å². The van der Waals surface area contributed by atoms with Gasteiger partial charge in [-0.2, -0.15) is 0 Å². The Bertz CT molecular complexity index is 501. The fourth-order valence-electron chi connectivity index (χ4n) is 1.32. The van der Waals surface area contributed by atoms with Crippen molar-refractivity contribution in [2.24, 2.45) is 0 Å². The molecule has 2 aromatic heterocycles. The highest BCUT2D eigenvalue weighted by Crippen LogP contribution is 2.27. The number of hydrogen-bond acceptors (Lipinski definition) is 3. The average molecular weight is 257 g/mol. The Hall–Kier alpha value is -1.00. The van der Waals surface area contributed by atoms with Crippen molar-refractivity contribution in [1.29, 1.82) is 0 Å². The number of hydrogen-bond donors (Lipinski definition) is 0. The fraction of sp³-hybridized carbons (Fsp3) is 0.273. The van der Waals surface area contributed by atoms with Gasteiger partial charge in [0, 0.05) is 4.88 Å². The molecule has 0 saturated carbocycles. The maximum absolute atomic E-state index is 13.2. The Balaban J connectivity index is 2.48. The summed E-state index contributed by atoms with van der Waals surface area (Å²) in [5.74, 6) is -0.0497. The maximum Gasteiger partial charge on any atom is 0.181 e. The van der Waals surface area contributed by atoms with Gasteiger partial charge in [-0.05, 0) is 25.5 Å². The van der Waals surface area contributed by atoms with Gasteiger partial charge in [0.15, 0.2) is 16.8 Å². The van der Waals surface area contributed by atoms with Crippen LogP contribution in [0.5, 0.6) is 0 Å². The van der Waals surface area contributed by atoms with E-state index in [1.165, 1.54) is 4.88 Å². The van der Waals surface area contributed by atoms with Crippen molar-refractivity contribution in [3.63, 3.8) is 0 Å². The summed E-state index contributed by atoms with van der Waals surface area (Å²) in [6.45, 7) is 3.67. The Kier molecular flexibility index (Phi) is 3.21. The van der Waals surface area contributed by atoms with Gasteiger partial charge in [-0.25, -0.2) is 14.4 Å². The molecule has 2 heterocycles. The van der Waals surface area contributed by atoms with Crippen LogP contribution in [0.25, 0.3) is 10.7 Å². The van der Waals surface area contributed by atoms with Crippen LogP contribution in [0.3, 0.4) is 0 Å². The van der Waals surface area contributed by atoms with Gasteiger partial charge in [0.2, 0.25) is 0 Å². The first-order chi connectivity index (χ1) is 7.61. The van der Waals surface area contributed by atoms with Gasteiger partial charge < -0.3 is 0 Å². The fourth-order valence-corrected chi connectivity index (χ4v) is 2.42. The van der Waals surface area contributed by atoms with Crippen molar-refractivity contribution in [3.05, 3.63) is 33.7 Å². The summed E-state index contributed by atoms with van der Waals surface area (Å²) in [4.78, 5) is 10.2. The Morgan fingerprint density at radius 3 is 2.69 bits per heavy atom. The Morgan fingerprint density at radius 1 is 1.38 bits per heavy atom. The largest absolute Gasteiger partial charge is 0.229 e. The number of nitrogens with zero attached hydrogens (tertiary/aromatic N) is 2. The van der Waals surface area contributed by atoms with Crippen LogP contribution in [-0.4, -0.2) is 9.97 Å². The predicted molar refractivity (Wildman–Crippen MR) is 64.4 cm³/mol. The van der Waals surface area contributed by atoms with Crippen LogP contribution in [0.4, 0.5) is 4.39 Å². The lowest BCUT2D eigenvalue weighted by atomic mass is 10.3. The van der Waals surface area contributed by atoms with E-state index in [0.717, 1.165) is 11.3 Å². The lowest BCUT2D eigenvalue weighted by Gasteiger charge is -2.01. The monoisotopic (exact) mass is 256 g/mol. The minimum Gasteiger partial charge on any atom is -0.229 e. The van der Waals surface area contributed by atoms with E-state index in [1.807, 2.05) is 12.1 Å². The quantitative estimate of drug-likeness (QED) is 0.763. The molecule has 2 aromatic rings. The molecule has 0 fully saturated rings. The molecule has 0 aliphatic carbocycles. The molecule has 0 aromatic carbocycles. The molecule has 16 heavy (non-hydrogen) atoms. The smallest absolute Gasteiger partial charge is 0.181 e. The second kappa shape index (κ2) is 4.47. The van der Waals surface area contributed by atoms with E-state index in [-0.39, 0.29) is 10.8 Å². The molecule has 2 rings (SSSR count). The van der Waals surface area contributed by atoms with E-state index in [0.29, 0.717) is 5.82 Å². The highest BCUT2D eigenvalue weighted by molar-refractivity contribution is 7.15. The number of halogens is 2. The summed E-state index contributed by atoms with van der Waals surface area (Å²) in [5.41, 5.74) is 0.279. The lowest BCUT2D eigenvalue weighted by Crippen LogP contribution is -1.96. The third-order valence-corrected chi connectivity index (χ3v) is 3.68. The van der Waals surface area contributed by atoms with E-state index < -0.39 is 5.82 Å². The lowest BCUT2D eigenvalue weighted by molar-refractivity contribution is 0.603. The van der Waals surface area contributed by atoms with Gasteiger partial charge >= 0.3 is 0 Å². The van der Waals surface area contributed by atoms with Crippen LogP contribution >= 0.6 is 22.9 Å². The first-order valence-corrected chi connectivity index (χ1v) is 6.10. The zero-order valence-electron chi connectivity index (χ0n) is 8.92. The summed E-state index contributed by atoms with van der Waals surface area (Å²) >= 11 is 7.29. The molecule has 0 atom stereocenters. The summed E-state index contributed by atoms with van der Waals surface area (Å²) in [7, 11) is 0. The SMILES string of the molecule is CCc1ccc(-c2nc(C)c(F)c(Cl)n2)s1. The van der Waals surface area contributed by atoms with Crippen molar-refractivity contribution in [2.75, 3.05) is 0 Å². The third kappa shape index (κ3) is 2.08. The third-order valence-electron chi connectivity index (χ3n) is 2.21. The second-order valence-corrected chi connectivity index (χ2v) is 4.88. The summed E-state index contributed by atoms with van der Waals surface area (Å²) in [6, 6.07) is 3.96. The molecule has 0 saturated heterocycles. The van der Waals surface area contributed by atoms with E-state index in [1.54, 1.807) is 18.3 Å². The topological polar surface area (TPSA) is 25.8 Å². The number of aromatic nitrogens is 2. The van der Waals surface area contributed by atoms with Crippen molar-refractivity contribution >= 4 is 22.9 Å². The number of aryl methyl sites for hydroxylation is 2. The summed E-state index contributed by atoms with van der Waals surface area (Å²) < 4.78 is 13.2.